The van der Waals surface area contributed by atoms with Crippen molar-refractivity contribution in [3.63, 3.8) is 0 Å². The molecular formula is C9H15N3OS. The highest BCUT2D eigenvalue weighted by Crippen LogP contribution is 2.52. The second-order valence-corrected chi connectivity index (χ2v) is 4.99. The first-order valence-corrected chi connectivity index (χ1v) is 5.20. The van der Waals surface area contributed by atoms with Crippen molar-refractivity contribution >= 4 is 12.2 Å². The zero-order valence-corrected chi connectivity index (χ0v) is 9.27. The summed E-state index contributed by atoms with van der Waals surface area (Å²) in [7, 11) is 0. The number of hydrogen-bond donors (Lipinski definition) is 2. The lowest BCUT2D eigenvalue weighted by atomic mass is 10.1. The van der Waals surface area contributed by atoms with Gasteiger partial charge in [0.15, 0.2) is 10.6 Å². The smallest absolute Gasteiger partial charge is 0.195 e. The summed E-state index contributed by atoms with van der Waals surface area (Å²) < 4.78 is 2.51. The number of hydrogen-bond acceptors (Lipinski definition) is 3. The molecule has 0 aromatic carbocycles. The second-order valence-electron chi connectivity index (χ2n) is 4.60. The molecule has 1 aromatic heterocycles. The van der Waals surface area contributed by atoms with E-state index in [1.54, 1.807) is 0 Å². The Hall–Kier alpha value is -0.680. The van der Waals surface area contributed by atoms with Crippen molar-refractivity contribution in [2.45, 2.75) is 33.4 Å². The molecule has 4 nitrogen and oxygen atoms in total. The van der Waals surface area contributed by atoms with E-state index in [0.29, 0.717) is 21.9 Å². The first kappa shape index (κ1) is 9.86. The van der Waals surface area contributed by atoms with Gasteiger partial charge in [-0.2, -0.15) is 5.10 Å². The average molecular weight is 213 g/mol. The summed E-state index contributed by atoms with van der Waals surface area (Å²) in [4.78, 5) is 0. The predicted molar refractivity (Wildman–Crippen MR) is 55.2 cm³/mol. The number of nitrogens with one attached hydrogen (secondary N) is 1. The molecule has 1 unspecified atom stereocenters. The Morgan fingerprint density at radius 2 is 2.36 bits per heavy atom. The zero-order valence-electron chi connectivity index (χ0n) is 8.45. The molecule has 0 radical (unpaired) electrons. The lowest BCUT2D eigenvalue weighted by molar-refractivity contribution is 0.262. The standard InChI is InChI=1S/C9H15N3OS/c1-9(2)3-6(9)4-12-7(5-13)10-11-8(12)14/h6,13H,3-5H2,1-2H3,(H,11,14). The topological polar surface area (TPSA) is 53.8 Å². The Labute approximate surface area is 88.0 Å². The van der Waals surface area contributed by atoms with Crippen LogP contribution in [-0.4, -0.2) is 19.9 Å². The summed E-state index contributed by atoms with van der Waals surface area (Å²) in [5.41, 5.74) is 0.429. The van der Waals surface area contributed by atoms with Gasteiger partial charge in [-0.15, -0.1) is 0 Å². The van der Waals surface area contributed by atoms with Crippen LogP contribution < -0.4 is 0 Å². The molecule has 1 atom stereocenters. The van der Waals surface area contributed by atoms with Gasteiger partial charge >= 0.3 is 0 Å². The van der Waals surface area contributed by atoms with Crippen molar-refractivity contribution in [3.8, 4) is 0 Å². The molecule has 1 aliphatic rings. The number of rotatable bonds is 3. The van der Waals surface area contributed by atoms with Gasteiger partial charge in [-0.25, -0.2) is 0 Å². The summed E-state index contributed by atoms with van der Waals surface area (Å²) in [6.45, 7) is 5.32. The Morgan fingerprint density at radius 3 is 2.86 bits per heavy atom. The molecule has 0 spiro atoms. The van der Waals surface area contributed by atoms with Gasteiger partial charge in [0.1, 0.15) is 6.61 Å². The molecule has 0 aliphatic heterocycles. The highest BCUT2D eigenvalue weighted by Gasteiger charge is 2.45. The van der Waals surface area contributed by atoms with Crippen molar-refractivity contribution in [2.75, 3.05) is 0 Å². The molecular weight excluding hydrogens is 198 g/mol. The van der Waals surface area contributed by atoms with Gasteiger partial charge in [-0.3, -0.25) is 5.10 Å². The molecule has 0 bridgehead atoms. The van der Waals surface area contributed by atoms with Gasteiger partial charge in [-0.1, -0.05) is 13.8 Å². The quantitative estimate of drug-likeness (QED) is 0.748. The maximum absolute atomic E-state index is 9.05. The molecule has 2 N–H and O–H groups in total. The molecule has 1 saturated carbocycles. The monoisotopic (exact) mass is 213 g/mol. The summed E-state index contributed by atoms with van der Waals surface area (Å²) in [5, 5.41) is 15.7. The molecule has 1 heterocycles. The Morgan fingerprint density at radius 1 is 1.71 bits per heavy atom. The predicted octanol–water partition coefficient (Wildman–Crippen LogP) is 1.48. The third-order valence-electron chi connectivity index (χ3n) is 3.10. The normalized spacial score (nSPS) is 23.8. The van der Waals surface area contributed by atoms with Crippen LogP contribution in [0.5, 0.6) is 0 Å². The largest absolute Gasteiger partial charge is 0.388 e. The van der Waals surface area contributed by atoms with Crippen molar-refractivity contribution in [1.82, 2.24) is 14.8 Å². The molecule has 0 amide bonds. The number of nitrogens with zero attached hydrogens (tertiary/aromatic N) is 2. The zero-order chi connectivity index (χ0) is 10.3. The minimum absolute atomic E-state index is 0.0553. The van der Waals surface area contributed by atoms with Crippen LogP contribution in [-0.2, 0) is 13.2 Å². The fourth-order valence-electron chi connectivity index (χ4n) is 1.77. The maximum Gasteiger partial charge on any atom is 0.195 e. The van der Waals surface area contributed by atoms with E-state index in [-0.39, 0.29) is 6.61 Å². The van der Waals surface area contributed by atoms with E-state index in [1.165, 1.54) is 6.42 Å². The van der Waals surface area contributed by atoms with Crippen molar-refractivity contribution in [2.24, 2.45) is 11.3 Å². The van der Waals surface area contributed by atoms with E-state index in [0.717, 1.165) is 6.54 Å². The molecule has 2 rings (SSSR count). The Balaban J connectivity index is 2.17. The second kappa shape index (κ2) is 3.17. The van der Waals surface area contributed by atoms with Gasteiger partial charge in [0.2, 0.25) is 0 Å². The molecule has 5 heteroatoms. The molecule has 1 fully saturated rings. The first-order valence-electron chi connectivity index (χ1n) is 4.79. The summed E-state index contributed by atoms with van der Waals surface area (Å²) in [5.74, 6) is 1.30. The minimum Gasteiger partial charge on any atom is -0.388 e. The van der Waals surface area contributed by atoms with Crippen LogP contribution in [0.15, 0.2) is 0 Å². The highest BCUT2D eigenvalue weighted by molar-refractivity contribution is 7.71. The molecule has 0 saturated heterocycles. The molecule has 78 valence electrons. The van der Waals surface area contributed by atoms with E-state index < -0.39 is 0 Å². The van der Waals surface area contributed by atoms with Gasteiger partial charge in [-0.05, 0) is 30.0 Å². The lowest BCUT2D eigenvalue weighted by Crippen LogP contribution is -2.08. The van der Waals surface area contributed by atoms with E-state index in [2.05, 4.69) is 24.0 Å². The van der Waals surface area contributed by atoms with E-state index in [9.17, 15) is 0 Å². The molecule has 1 aromatic rings. The number of aromatic nitrogens is 3. The van der Waals surface area contributed by atoms with Crippen LogP contribution in [0.1, 0.15) is 26.1 Å². The van der Waals surface area contributed by atoms with Gasteiger partial charge in [0.25, 0.3) is 0 Å². The SMILES string of the molecule is CC1(C)CC1Cn1c(CO)n[nH]c1=S. The Bertz CT molecular complexity index is 393. The van der Waals surface area contributed by atoms with Crippen molar-refractivity contribution < 1.29 is 5.11 Å². The van der Waals surface area contributed by atoms with E-state index in [4.69, 9.17) is 17.3 Å². The van der Waals surface area contributed by atoms with Crippen LogP contribution in [0, 0.1) is 16.1 Å². The number of aliphatic hydroxyl groups is 1. The van der Waals surface area contributed by atoms with Gasteiger partial charge < -0.3 is 9.67 Å². The third-order valence-corrected chi connectivity index (χ3v) is 3.41. The maximum atomic E-state index is 9.05. The minimum atomic E-state index is -0.0553. The van der Waals surface area contributed by atoms with Crippen LogP contribution in [0.2, 0.25) is 0 Å². The van der Waals surface area contributed by atoms with E-state index in [1.807, 2.05) is 4.57 Å². The van der Waals surface area contributed by atoms with Crippen LogP contribution in [0.4, 0.5) is 0 Å². The Kier molecular flexibility index (Phi) is 2.23. The van der Waals surface area contributed by atoms with Crippen molar-refractivity contribution in [3.05, 3.63) is 10.6 Å². The highest BCUT2D eigenvalue weighted by atomic mass is 32.1. The fraction of sp³-hybridized carbons (Fsp3) is 0.778. The van der Waals surface area contributed by atoms with Crippen LogP contribution >= 0.6 is 12.2 Å². The van der Waals surface area contributed by atoms with E-state index >= 15 is 0 Å². The van der Waals surface area contributed by atoms with Crippen LogP contribution in [0.25, 0.3) is 0 Å². The third kappa shape index (κ3) is 1.62. The van der Waals surface area contributed by atoms with Crippen LogP contribution in [0.3, 0.4) is 0 Å². The molecule has 14 heavy (non-hydrogen) atoms. The van der Waals surface area contributed by atoms with Gasteiger partial charge in [0, 0.05) is 6.54 Å². The van der Waals surface area contributed by atoms with Crippen molar-refractivity contribution in [1.29, 1.82) is 0 Å². The average Bonchev–Trinajstić information content (AvgIpc) is 2.54. The van der Waals surface area contributed by atoms with Gasteiger partial charge in [0.05, 0.1) is 0 Å². The number of H-pyrrole nitrogens is 1. The lowest BCUT2D eigenvalue weighted by Gasteiger charge is -2.06. The molecule has 1 aliphatic carbocycles. The number of aromatic amines is 1. The summed E-state index contributed by atoms with van der Waals surface area (Å²) in [6, 6.07) is 0. The number of aliphatic hydroxyl groups excluding tert-OH is 1. The summed E-state index contributed by atoms with van der Waals surface area (Å²) >= 11 is 5.09. The first-order chi connectivity index (χ1) is 6.54. The fourth-order valence-corrected chi connectivity index (χ4v) is 1.99. The summed E-state index contributed by atoms with van der Waals surface area (Å²) in [6.07, 6.45) is 1.23.